The molecule has 4 aliphatic rings. The Labute approximate surface area is 242 Å². The molecule has 1 aromatic rings. The molecule has 5 rings (SSSR count). The van der Waals surface area contributed by atoms with E-state index in [9.17, 15) is 18.6 Å². The molecule has 7 heteroatoms. The van der Waals surface area contributed by atoms with Crippen molar-refractivity contribution in [1.29, 1.82) is 0 Å². The van der Waals surface area contributed by atoms with E-state index in [4.69, 9.17) is 4.74 Å². The SMILES string of the molecule is CC[C@@H]1C2C[C@H](O)CC[C@]2(C)[C@H]2CC[C@]3(C)[C@@H]([C@H](C)/C=C/S(=O)(=O)NCc4ccc(OC)cc4)CC[C@H]3[C@@H]2[C@@H]1O. The smallest absolute Gasteiger partial charge is 0.233 e. The Morgan fingerprint density at radius 1 is 1.02 bits per heavy atom. The number of benzene rings is 1. The lowest BCUT2D eigenvalue weighted by Crippen LogP contribution is -2.62. The first kappa shape index (κ1) is 30.1. The maximum Gasteiger partial charge on any atom is 0.233 e. The Bertz CT molecular complexity index is 1170. The van der Waals surface area contributed by atoms with Gasteiger partial charge in [0.25, 0.3) is 0 Å². The molecule has 0 saturated heterocycles. The summed E-state index contributed by atoms with van der Waals surface area (Å²) in [6.07, 6.45) is 9.57. The average Bonchev–Trinajstić information content (AvgIpc) is 3.29. The van der Waals surface area contributed by atoms with E-state index in [1.165, 1.54) is 5.41 Å². The summed E-state index contributed by atoms with van der Waals surface area (Å²) in [5.74, 6) is 3.21. The predicted octanol–water partition coefficient (Wildman–Crippen LogP) is 5.89. The van der Waals surface area contributed by atoms with Crippen LogP contribution in [0.15, 0.2) is 35.7 Å². The summed E-state index contributed by atoms with van der Waals surface area (Å²) < 4.78 is 33.5. The first-order valence-electron chi connectivity index (χ1n) is 15.6. The zero-order valence-corrected chi connectivity index (χ0v) is 25.9. The van der Waals surface area contributed by atoms with Crippen LogP contribution in [0, 0.1) is 52.3 Å². The summed E-state index contributed by atoms with van der Waals surface area (Å²) in [5, 5.41) is 23.8. The third-order valence-corrected chi connectivity index (χ3v) is 13.4. The second kappa shape index (κ2) is 11.3. The van der Waals surface area contributed by atoms with E-state index < -0.39 is 10.0 Å². The number of fused-ring (bicyclic) bond motifs is 5. The Morgan fingerprint density at radius 3 is 2.38 bits per heavy atom. The molecule has 3 N–H and O–H groups in total. The normalized spacial score (nSPS) is 42.2. The van der Waals surface area contributed by atoms with Crippen LogP contribution in [-0.4, -0.2) is 37.9 Å². The second-order valence-electron chi connectivity index (χ2n) is 14.0. The number of hydrogen-bond acceptors (Lipinski definition) is 5. The quantitative estimate of drug-likeness (QED) is 0.360. The maximum absolute atomic E-state index is 12.8. The van der Waals surface area contributed by atoms with Crippen LogP contribution in [0.5, 0.6) is 5.75 Å². The average molecular weight is 574 g/mol. The Hall–Kier alpha value is -1.41. The topological polar surface area (TPSA) is 95.9 Å². The first-order valence-corrected chi connectivity index (χ1v) is 17.1. The van der Waals surface area contributed by atoms with Crippen molar-refractivity contribution in [3.05, 3.63) is 41.3 Å². The fraction of sp³-hybridized carbons (Fsp3) is 0.758. The van der Waals surface area contributed by atoms with Crippen molar-refractivity contribution < 1.29 is 23.4 Å². The van der Waals surface area contributed by atoms with Gasteiger partial charge in [0.1, 0.15) is 5.75 Å². The van der Waals surface area contributed by atoms with Gasteiger partial charge in [-0.1, -0.05) is 52.3 Å². The number of rotatable bonds is 8. The molecule has 4 fully saturated rings. The molecular formula is C33H51NO5S. The van der Waals surface area contributed by atoms with Gasteiger partial charge in [0.05, 0.1) is 19.3 Å². The maximum atomic E-state index is 12.8. The standard InChI is InChI=1S/C33H51NO5S/c1-6-25-29-19-23(35)13-16-33(29,4)28-14-17-32(3)26(11-12-27(32)30(28)31(25)36)21(2)15-18-40(37,38)34-20-22-7-9-24(39-5)10-8-22/h7-10,15,18,21,23,25-31,34-36H,6,11-14,16-17,19-20H2,1-5H3/b18-15+/t21-,23-,25-,26-,27+,28+,29?,30+,31-,32-,33-/m1/s1. The van der Waals surface area contributed by atoms with Gasteiger partial charge in [-0.25, -0.2) is 13.1 Å². The van der Waals surface area contributed by atoms with Crippen LogP contribution in [0.25, 0.3) is 0 Å². The van der Waals surface area contributed by atoms with Crippen molar-refractivity contribution in [2.45, 2.75) is 97.8 Å². The molecule has 0 radical (unpaired) electrons. The minimum Gasteiger partial charge on any atom is -0.497 e. The van der Waals surface area contributed by atoms with Crippen LogP contribution >= 0.6 is 0 Å². The van der Waals surface area contributed by atoms with Gasteiger partial charge >= 0.3 is 0 Å². The number of ether oxygens (including phenoxy) is 1. The minimum absolute atomic E-state index is 0.0991. The Kier molecular flexibility index (Phi) is 8.53. The molecule has 0 bridgehead atoms. The fourth-order valence-corrected chi connectivity index (χ4v) is 11.1. The molecular weight excluding hydrogens is 522 g/mol. The molecule has 0 heterocycles. The summed E-state index contributed by atoms with van der Waals surface area (Å²) in [6.45, 7) is 9.53. The third kappa shape index (κ3) is 5.29. The predicted molar refractivity (Wildman–Crippen MR) is 159 cm³/mol. The van der Waals surface area contributed by atoms with Crippen LogP contribution in [0.1, 0.15) is 84.6 Å². The number of allylic oxidation sites excluding steroid dienone is 1. The van der Waals surface area contributed by atoms with Gasteiger partial charge in [-0.2, -0.15) is 0 Å². The van der Waals surface area contributed by atoms with Crippen LogP contribution in [-0.2, 0) is 16.6 Å². The molecule has 0 spiro atoms. The highest BCUT2D eigenvalue weighted by molar-refractivity contribution is 7.92. The summed E-state index contributed by atoms with van der Waals surface area (Å²) >= 11 is 0. The van der Waals surface area contributed by atoms with Crippen LogP contribution in [0.4, 0.5) is 0 Å². The van der Waals surface area contributed by atoms with E-state index in [1.54, 1.807) is 7.11 Å². The van der Waals surface area contributed by atoms with Crippen LogP contribution in [0.2, 0.25) is 0 Å². The first-order chi connectivity index (χ1) is 18.9. The number of sulfonamides is 1. The van der Waals surface area contributed by atoms with Gasteiger partial charge in [-0.15, -0.1) is 0 Å². The third-order valence-electron chi connectivity index (χ3n) is 12.3. The lowest BCUT2D eigenvalue weighted by Gasteiger charge is -2.64. The van der Waals surface area contributed by atoms with Crippen molar-refractivity contribution in [3.8, 4) is 5.75 Å². The van der Waals surface area contributed by atoms with Crippen molar-refractivity contribution in [3.63, 3.8) is 0 Å². The van der Waals surface area contributed by atoms with E-state index in [0.717, 1.165) is 62.7 Å². The summed E-state index contributed by atoms with van der Waals surface area (Å²) in [6, 6.07) is 7.39. The van der Waals surface area contributed by atoms with E-state index in [-0.39, 0.29) is 41.4 Å². The molecule has 1 unspecified atom stereocenters. The summed E-state index contributed by atoms with van der Waals surface area (Å²) in [4.78, 5) is 0. The van der Waals surface area contributed by atoms with E-state index in [2.05, 4.69) is 32.4 Å². The molecule has 1 aromatic carbocycles. The summed E-state index contributed by atoms with van der Waals surface area (Å²) in [7, 11) is -1.94. The molecule has 4 aliphatic carbocycles. The lowest BCUT2D eigenvalue weighted by atomic mass is 9.41. The molecule has 6 nitrogen and oxygen atoms in total. The van der Waals surface area contributed by atoms with Gasteiger partial charge in [0, 0.05) is 12.0 Å². The number of hydrogen-bond donors (Lipinski definition) is 3. The molecule has 0 amide bonds. The van der Waals surface area contributed by atoms with Crippen LogP contribution in [0.3, 0.4) is 0 Å². The zero-order valence-electron chi connectivity index (χ0n) is 25.1. The van der Waals surface area contributed by atoms with E-state index >= 15 is 0 Å². The van der Waals surface area contributed by atoms with Gasteiger partial charge in [-0.05, 0) is 115 Å². The molecule has 224 valence electrons. The van der Waals surface area contributed by atoms with Crippen LogP contribution < -0.4 is 9.46 Å². The molecule has 40 heavy (non-hydrogen) atoms. The zero-order chi connectivity index (χ0) is 28.9. The van der Waals surface area contributed by atoms with Gasteiger partial charge < -0.3 is 14.9 Å². The van der Waals surface area contributed by atoms with Crippen molar-refractivity contribution in [1.82, 2.24) is 4.72 Å². The molecule has 0 aliphatic heterocycles. The Morgan fingerprint density at radius 2 is 1.70 bits per heavy atom. The van der Waals surface area contributed by atoms with Crippen molar-refractivity contribution >= 4 is 10.0 Å². The van der Waals surface area contributed by atoms with Gasteiger partial charge in [0.15, 0.2) is 0 Å². The molecule has 0 aromatic heterocycles. The number of nitrogens with one attached hydrogen (secondary N) is 1. The number of methoxy groups -OCH3 is 1. The van der Waals surface area contributed by atoms with Gasteiger partial charge in [0.2, 0.25) is 10.0 Å². The second-order valence-corrected chi connectivity index (χ2v) is 15.7. The number of aliphatic hydroxyl groups excluding tert-OH is 2. The summed E-state index contributed by atoms with van der Waals surface area (Å²) in [5.41, 5.74) is 1.17. The molecule has 11 atom stereocenters. The highest BCUT2D eigenvalue weighted by Gasteiger charge is 2.64. The lowest BCUT2D eigenvalue weighted by molar-refractivity contribution is -0.202. The van der Waals surface area contributed by atoms with E-state index in [1.807, 2.05) is 30.3 Å². The largest absolute Gasteiger partial charge is 0.497 e. The fourth-order valence-electron chi connectivity index (χ4n) is 10.2. The minimum atomic E-state index is -3.56. The van der Waals surface area contributed by atoms with Gasteiger partial charge in [-0.3, -0.25) is 0 Å². The monoisotopic (exact) mass is 573 g/mol. The Balaban J connectivity index is 1.29. The molecule has 4 saturated carbocycles. The highest BCUT2D eigenvalue weighted by Crippen LogP contribution is 2.69. The van der Waals surface area contributed by atoms with E-state index in [0.29, 0.717) is 29.6 Å². The van der Waals surface area contributed by atoms with Crippen molar-refractivity contribution in [2.75, 3.05) is 7.11 Å². The highest BCUT2D eigenvalue weighted by atomic mass is 32.2. The number of aliphatic hydroxyl groups is 2. The van der Waals surface area contributed by atoms with Crippen molar-refractivity contribution in [2.24, 2.45) is 52.3 Å².